The Morgan fingerprint density at radius 2 is 1.51 bits per heavy atom. The molecule has 4 rings (SSSR count). The summed E-state index contributed by atoms with van der Waals surface area (Å²) in [6, 6.07) is 14.3. The monoisotopic (exact) mass is 478 g/mol. The number of nitrogens with one attached hydrogen (secondary N) is 2. The second kappa shape index (κ2) is 11.4. The molecule has 0 spiro atoms. The van der Waals surface area contributed by atoms with Gasteiger partial charge in [0.1, 0.15) is 18.7 Å². The molecule has 35 heavy (non-hydrogen) atoms. The van der Waals surface area contributed by atoms with Crippen LogP contribution in [0.4, 0.5) is 4.79 Å². The molecule has 1 unspecified atom stereocenters. The first-order valence-electron chi connectivity index (χ1n) is 12.6. The predicted molar refractivity (Wildman–Crippen MR) is 133 cm³/mol. The molecule has 2 aromatic rings. The summed E-state index contributed by atoms with van der Waals surface area (Å²) in [5.74, 6) is -1.31. The maximum absolute atomic E-state index is 12.8. The molecule has 2 aliphatic carbocycles. The highest BCUT2D eigenvalue weighted by Crippen LogP contribution is 2.44. The first kappa shape index (κ1) is 24.8. The van der Waals surface area contributed by atoms with Gasteiger partial charge in [0, 0.05) is 5.92 Å². The van der Waals surface area contributed by atoms with E-state index in [-0.39, 0.29) is 12.5 Å². The highest BCUT2D eigenvalue weighted by molar-refractivity contribution is 5.89. The Hall–Kier alpha value is -3.35. The van der Waals surface area contributed by atoms with Gasteiger partial charge >= 0.3 is 12.1 Å². The summed E-state index contributed by atoms with van der Waals surface area (Å²) in [4.78, 5) is 37.2. The van der Waals surface area contributed by atoms with Crippen LogP contribution in [0.5, 0.6) is 0 Å². The van der Waals surface area contributed by atoms with Gasteiger partial charge in [0.25, 0.3) is 0 Å². The summed E-state index contributed by atoms with van der Waals surface area (Å²) in [6.07, 6.45) is 5.44. The quantitative estimate of drug-likeness (QED) is 0.478. The van der Waals surface area contributed by atoms with Gasteiger partial charge in [0.05, 0.1) is 0 Å². The fourth-order valence-corrected chi connectivity index (χ4v) is 5.39. The minimum atomic E-state index is -1.04. The van der Waals surface area contributed by atoms with Gasteiger partial charge in [-0.05, 0) is 41.0 Å². The van der Waals surface area contributed by atoms with Crippen LogP contribution < -0.4 is 10.6 Å². The molecule has 0 bridgehead atoms. The van der Waals surface area contributed by atoms with Crippen LogP contribution in [-0.2, 0) is 14.3 Å². The molecule has 0 radical (unpaired) electrons. The van der Waals surface area contributed by atoms with E-state index in [9.17, 15) is 19.5 Å². The van der Waals surface area contributed by atoms with Crippen molar-refractivity contribution in [3.8, 4) is 11.1 Å². The largest absolute Gasteiger partial charge is 0.480 e. The normalized spacial score (nSPS) is 17.1. The number of amides is 2. The summed E-state index contributed by atoms with van der Waals surface area (Å²) >= 11 is 0. The lowest BCUT2D eigenvalue weighted by atomic mass is 9.85. The van der Waals surface area contributed by atoms with Crippen molar-refractivity contribution in [1.82, 2.24) is 10.6 Å². The summed E-state index contributed by atoms with van der Waals surface area (Å²) < 4.78 is 5.55. The molecule has 0 aliphatic heterocycles. The second-order valence-corrected chi connectivity index (χ2v) is 9.57. The van der Waals surface area contributed by atoms with E-state index in [1.165, 1.54) is 6.42 Å². The Morgan fingerprint density at radius 1 is 0.914 bits per heavy atom. The van der Waals surface area contributed by atoms with Crippen molar-refractivity contribution in [2.75, 3.05) is 6.61 Å². The number of carboxylic acid groups (broad SMARTS) is 1. The van der Waals surface area contributed by atoms with Crippen LogP contribution in [0, 0.1) is 5.92 Å². The number of benzene rings is 2. The number of fused-ring (bicyclic) bond motifs is 3. The molecule has 2 amide bonds. The van der Waals surface area contributed by atoms with Crippen molar-refractivity contribution in [3.05, 3.63) is 59.7 Å². The van der Waals surface area contributed by atoms with Gasteiger partial charge in [-0.25, -0.2) is 9.59 Å². The predicted octanol–water partition coefficient (Wildman–Crippen LogP) is 4.84. The Morgan fingerprint density at radius 3 is 2.09 bits per heavy atom. The maximum Gasteiger partial charge on any atom is 0.407 e. The molecule has 1 fully saturated rings. The van der Waals surface area contributed by atoms with Crippen LogP contribution in [0.15, 0.2) is 48.5 Å². The molecule has 0 saturated heterocycles. The number of carbonyl (C=O) groups is 3. The minimum Gasteiger partial charge on any atom is -0.480 e. The van der Waals surface area contributed by atoms with Gasteiger partial charge in [0.15, 0.2) is 0 Å². The number of carbonyl (C=O) groups excluding carboxylic acids is 2. The van der Waals surface area contributed by atoms with Crippen molar-refractivity contribution in [3.63, 3.8) is 0 Å². The lowest BCUT2D eigenvalue weighted by Crippen LogP contribution is -2.52. The van der Waals surface area contributed by atoms with E-state index < -0.39 is 30.1 Å². The Balaban J connectivity index is 1.33. The van der Waals surface area contributed by atoms with Crippen LogP contribution in [0.1, 0.15) is 68.9 Å². The summed E-state index contributed by atoms with van der Waals surface area (Å²) in [6.45, 7) is 1.92. The Bertz CT molecular complexity index is 1020. The van der Waals surface area contributed by atoms with Crippen LogP contribution in [0.2, 0.25) is 0 Å². The molecule has 2 aliphatic rings. The maximum atomic E-state index is 12.8. The molecular formula is C28H34N2O5. The third kappa shape index (κ3) is 5.84. The zero-order chi connectivity index (χ0) is 24.8. The Labute approximate surface area is 206 Å². The van der Waals surface area contributed by atoms with E-state index in [0.29, 0.717) is 18.8 Å². The van der Waals surface area contributed by atoms with Gasteiger partial charge in [-0.3, -0.25) is 4.79 Å². The van der Waals surface area contributed by atoms with E-state index in [1.807, 2.05) is 36.4 Å². The van der Waals surface area contributed by atoms with Gasteiger partial charge in [-0.2, -0.15) is 0 Å². The number of hydrogen-bond acceptors (Lipinski definition) is 4. The van der Waals surface area contributed by atoms with Crippen molar-refractivity contribution in [1.29, 1.82) is 0 Å². The van der Waals surface area contributed by atoms with E-state index >= 15 is 0 Å². The topological polar surface area (TPSA) is 105 Å². The number of carboxylic acids is 1. The molecular weight excluding hydrogens is 444 g/mol. The average molecular weight is 479 g/mol. The Kier molecular flexibility index (Phi) is 8.06. The van der Waals surface area contributed by atoms with Gasteiger partial charge in [0.2, 0.25) is 5.91 Å². The van der Waals surface area contributed by atoms with Gasteiger partial charge in [-0.1, -0.05) is 87.6 Å². The van der Waals surface area contributed by atoms with Crippen molar-refractivity contribution < 1.29 is 24.2 Å². The van der Waals surface area contributed by atoms with Gasteiger partial charge in [-0.15, -0.1) is 0 Å². The van der Waals surface area contributed by atoms with Crippen LogP contribution in [0.25, 0.3) is 11.1 Å². The summed E-state index contributed by atoms with van der Waals surface area (Å²) in [5.41, 5.74) is 4.50. The molecule has 1 saturated carbocycles. The third-order valence-corrected chi connectivity index (χ3v) is 7.27. The molecule has 0 aromatic heterocycles. The lowest BCUT2D eigenvalue weighted by molar-refractivity contribution is -0.142. The van der Waals surface area contributed by atoms with E-state index in [1.54, 1.807) is 6.92 Å². The summed E-state index contributed by atoms with van der Waals surface area (Å²) in [7, 11) is 0. The SMILES string of the molecule is CCC(NC(=O)OCC1c2ccccc2-c2ccccc21)C(=O)N[C@H](CC1CCCCC1)C(=O)O. The van der Waals surface area contributed by atoms with Crippen LogP contribution in [-0.4, -0.2) is 41.8 Å². The molecule has 2 atom stereocenters. The zero-order valence-corrected chi connectivity index (χ0v) is 20.2. The first-order chi connectivity index (χ1) is 17.0. The average Bonchev–Trinajstić information content (AvgIpc) is 3.19. The highest BCUT2D eigenvalue weighted by Gasteiger charge is 2.31. The molecule has 3 N–H and O–H groups in total. The summed E-state index contributed by atoms with van der Waals surface area (Å²) in [5, 5.41) is 14.9. The van der Waals surface area contributed by atoms with Crippen LogP contribution in [0.3, 0.4) is 0 Å². The van der Waals surface area contributed by atoms with E-state index in [2.05, 4.69) is 22.8 Å². The number of hydrogen-bond donors (Lipinski definition) is 3. The fraction of sp³-hybridized carbons (Fsp3) is 0.464. The molecule has 7 heteroatoms. The van der Waals surface area contributed by atoms with E-state index in [4.69, 9.17) is 4.74 Å². The molecule has 2 aromatic carbocycles. The number of rotatable bonds is 9. The third-order valence-electron chi connectivity index (χ3n) is 7.27. The molecule has 0 heterocycles. The minimum absolute atomic E-state index is 0.0751. The highest BCUT2D eigenvalue weighted by atomic mass is 16.5. The molecule has 7 nitrogen and oxygen atoms in total. The first-order valence-corrected chi connectivity index (χ1v) is 12.6. The smallest absolute Gasteiger partial charge is 0.407 e. The fourth-order valence-electron chi connectivity index (χ4n) is 5.39. The van der Waals surface area contributed by atoms with Crippen LogP contribution >= 0.6 is 0 Å². The van der Waals surface area contributed by atoms with E-state index in [0.717, 1.165) is 47.9 Å². The zero-order valence-electron chi connectivity index (χ0n) is 20.2. The van der Waals surface area contributed by atoms with Gasteiger partial charge < -0.3 is 20.5 Å². The number of ether oxygens (including phenoxy) is 1. The standard InChI is InChI=1S/C28H34N2O5/c1-2-24(26(31)29-25(27(32)33)16-18-10-4-3-5-11-18)30-28(34)35-17-23-21-14-8-6-12-19(21)20-13-7-9-15-22(20)23/h6-9,12-15,18,23-25H,2-5,10-11,16-17H2,1H3,(H,29,31)(H,30,34)(H,32,33)/t24?,25-/m1/s1. The molecule has 186 valence electrons. The number of alkyl carbamates (subject to hydrolysis) is 1. The van der Waals surface area contributed by atoms with Crippen molar-refractivity contribution in [2.45, 2.75) is 69.9 Å². The van der Waals surface area contributed by atoms with Crippen molar-refractivity contribution >= 4 is 18.0 Å². The lowest BCUT2D eigenvalue weighted by Gasteiger charge is -2.26. The number of aliphatic carboxylic acids is 1. The second-order valence-electron chi connectivity index (χ2n) is 9.57. The van der Waals surface area contributed by atoms with Crippen molar-refractivity contribution in [2.24, 2.45) is 5.92 Å².